The van der Waals surface area contributed by atoms with Crippen LogP contribution < -0.4 is 11.1 Å². The Bertz CT molecular complexity index is 563. The Hall–Kier alpha value is -1.95. The standard InChI is InChI=1S/C12H11BrN4O/c1-7-2-9(13)3-10(14)11(7)17-12(18)8-4-15-6-16-5-8/h2-6H,14H2,1H3,(H,17,18). The Labute approximate surface area is 113 Å². The molecule has 0 bridgehead atoms. The van der Waals surface area contributed by atoms with Crippen LogP contribution in [0.5, 0.6) is 0 Å². The second-order valence-electron chi connectivity index (χ2n) is 3.77. The average Bonchev–Trinajstić information content (AvgIpc) is 2.34. The highest BCUT2D eigenvalue weighted by atomic mass is 79.9. The molecule has 1 aromatic carbocycles. The fourth-order valence-corrected chi connectivity index (χ4v) is 2.13. The van der Waals surface area contributed by atoms with E-state index in [-0.39, 0.29) is 5.91 Å². The van der Waals surface area contributed by atoms with E-state index in [0.29, 0.717) is 16.9 Å². The van der Waals surface area contributed by atoms with Gasteiger partial charge in [0.05, 0.1) is 16.9 Å². The summed E-state index contributed by atoms with van der Waals surface area (Å²) in [7, 11) is 0. The van der Waals surface area contributed by atoms with Crippen molar-refractivity contribution in [2.45, 2.75) is 6.92 Å². The molecular formula is C12H11BrN4O. The number of nitrogen functional groups attached to an aromatic ring is 1. The molecular weight excluding hydrogens is 296 g/mol. The van der Waals surface area contributed by atoms with Crippen LogP contribution in [0.4, 0.5) is 11.4 Å². The van der Waals surface area contributed by atoms with Gasteiger partial charge in [-0.15, -0.1) is 0 Å². The van der Waals surface area contributed by atoms with Gasteiger partial charge in [0.25, 0.3) is 5.91 Å². The molecule has 0 atom stereocenters. The Morgan fingerprint density at radius 1 is 1.33 bits per heavy atom. The number of rotatable bonds is 2. The molecule has 6 heteroatoms. The van der Waals surface area contributed by atoms with E-state index in [0.717, 1.165) is 10.0 Å². The first kappa shape index (κ1) is 12.5. The molecule has 3 N–H and O–H groups in total. The first-order valence-corrected chi connectivity index (χ1v) is 5.99. The second kappa shape index (κ2) is 5.14. The lowest BCUT2D eigenvalue weighted by Gasteiger charge is -2.11. The Balaban J connectivity index is 2.28. The Kier molecular flexibility index (Phi) is 3.57. The van der Waals surface area contributed by atoms with E-state index >= 15 is 0 Å². The van der Waals surface area contributed by atoms with Crippen molar-refractivity contribution in [3.63, 3.8) is 0 Å². The van der Waals surface area contributed by atoms with Gasteiger partial charge < -0.3 is 11.1 Å². The number of hydrogen-bond acceptors (Lipinski definition) is 4. The summed E-state index contributed by atoms with van der Waals surface area (Å²) in [6.07, 6.45) is 4.27. The van der Waals surface area contributed by atoms with E-state index in [2.05, 4.69) is 31.2 Å². The van der Waals surface area contributed by atoms with Crippen molar-refractivity contribution in [3.8, 4) is 0 Å². The maximum Gasteiger partial charge on any atom is 0.258 e. The van der Waals surface area contributed by atoms with Crippen LogP contribution in [0, 0.1) is 6.92 Å². The van der Waals surface area contributed by atoms with E-state index in [1.165, 1.54) is 18.7 Å². The van der Waals surface area contributed by atoms with Crippen molar-refractivity contribution in [2.75, 3.05) is 11.1 Å². The highest BCUT2D eigenvalue weighted by Gasteiger charge is 2.11. The summed E-state index contributed by atoms with van der Waals surface area (Å²) in [4.78, 5) is 19.5. The number of anilines is 2. The van der Waals surface area contributed by atoms with Crippen LogP contribution in [0.15, 0.2) is 35.3 Å². The van der Waals surface area contributed by atoms with Crippen molar-refractivity contribution in [1.29, 1.82) is 0 Å². The molecule has 2 rings (SSSR count). The number of carbonyl (C=O) groups excluding carboxylic acids is 1. The molecule has 18 heavy (non-hydrogen) atoms. The Morgan fingerprint density at radius 3 is 2.61 bits per heavy atom. The van der Waals surface area contributed by atoms with Gasteiger partial charge in [-0.2, -0.15) is 0 Å². The molecule has 0 aliphatic rings. The van der Waals surface area contributed by atoms with E-state index < -0.39 is 0 Å². The van der Waals surface area contributed by atoms with E-state index in [9.17, 15) is 4.79 Å². The zero-order valence-electron chi connectivity index (χ0n) is 9.64. The third-order valence-corrected chi connectivity index (χ3v) is 2.85. The van der Waals surface area contributed by atoms with Crippen molar-refractivity contribution in [1.82, 2.24) is 9.97 Å². The zero-order chi connectivity index (χ0) is 13.1. The molecule has 0 aliphatic heterocycles. The normalized spacial score (nSPS) is 10.1. The van der Waals surface area contributed by atoms with E-state index in [1.807, 2.05) is 13.0 Å². The van der Waals surface area contributed by atoms with Gasteiger partial charge in [0.2, 0.25) is 0 Å². The van der Waals surface area contributed by atoms with Gasteiger partial charge >= 0.3 is 0 Å². The lowest BCUT2D eigenvalue weighted by Crippen LogP contribution is -2.14. The van der Waals surface area contributed by atoms with Gasteiger partial charge in [-0.25, -0.2) is 9.97 Å². The molecule has 0 saturated heterocycles. The minimum atomic E-state index is -0.285. The van der Waals surface area contributed by atoms with Crippen LogP contribution in [0.1, 0.15) is 15.9 Å². The van der Waals surface area contributed by atoms with E-state index in [4.69, 9.17) is 5.73 Å². The van der Waals surface area contributed by atoms with Crippen molar-refractivity contribution < 1.29 is 4.79 Å². The number of carbonyl (C=O) groups is 1. The molecule has 1 aromatic heterocycles. The van der Waals surface area contributed by atoms with Gasteiger partial charge in [-0.3, -0.25) is 4.79 Å². The van der Waals surface area contributed by atoms with Crippen LogP contribution in [0.3, 0.4) is 0 Å². The highest BCUT2D eigenvalue weighted by Crippen LogP contribution is 2.28. The number of benzene rings is 1. The van der Waals surface area contributed by atoms with Crippen molar-refractivity contribution >= 4 is 33.2 Å². The largest absolute Gasteiger partial charge is 0.397 e. The third-order valence-electron chi connectivity index (χ3n) is 2.39. The average molecular weight is 307 g/mol. The lowest BCUT2D eigenvalue weighted by atomic mass is 10.1. The fraction of sp³-hybridized carbons (Fsp3) is 0.0833. The predicted octanol–water partition coefficient (Wildman–Crippen LogP) is 2.38. The van der Waals surface area contributed by atoms with Gasteiger partial charge in [0, 0.05) is 16.9 Å². The molecule has 1 amide bonds. The quantitative estimate of drug-likeness (QED) is 0.835. The molecule has 92 valence electrons. The number of nitrogens with one attached hydrogen (secondary N) is 1. The maximum absolute atomic E-state index is 11.9. The topological polar surface area (TPSA) is 80.9 Å². The number of nitrogens with zero attached hydrogens (tertiary/aromatic N) is 2. The number of halogens is 1. The van der Waals surface area contributed by atoms with Crippen LogP contribution in [-0.2, 0) is 0 Å². The number of hydrogen-bond donors (Lipinski definition) is 2. The summed E-state index contributed by atoms with van der Waals surface area (Å²) in [5, 5.41) is 2.76. The number of aryl methyl sites for hydroxylation is 1. The van der Waals surface area contributed by atoms with Crippen LogP contribution in [0.2, 0.25) is 0 Å². The summed E-state index contributed by atoms with van der Waals surface area (Å²) >= 11 is 3.35. The molecule has 0 unspecified atom stereocenters. The van der Waals surface area contributed by atoms with Crippen LogP contribution >= 0.6 is 15.9 Å². The summed E-state index contributed by atoms with van der Waals surface area (Å²) < 4.78 is 0.874. The second-order valence-corrected chi connectivity index (χ2v) is 4.68. The highest BCUT2D eigenvalue weighted by molar-refractivity contribution is 9.10. The monoisotopic (exact) mass is 306 g/mol. The van der Waals surface area contributed by atoms with Crippen molar-refractivity contribution in [3.05, 3.63) is 46.5 Å². The number of aromatic nitrogens is 2. The molecule has 0 radical (unpaired) electrons. The van der Waals surface area contributed by atoms with Gasteiger partial charge in [-0.1, -0.05) is 15.9 Å². The predicted molar refractivity (Wildman–Crippen MR) is 73.3 cm³/mol. The number of nitrogens with two attached hydrogens (primary N) is 1. The van der Waals surface area contributed by atoms with Gasteiger partial charge in [-0.05, 0) is 24.6 Å². The van der Waals surface area contributed by atoms with E-state index in [1.54, 1.807) is 6.07 Å². The molecule has 2 aromatic rings. The zero-order valence-corrected chi connectivity index (χ0v) is 11.2. The fourth-order valence-electron chi connectivity index (χ4n) is 1.54. The van der Waals surface area contributed by atoms with Crippen LogP contribution in [-0.4, -0.2) is 15.9 Å². The third kappa shape index (κ3) is 2.65. The van der Waals surface area contributed by atoms with Gasteiger partial charge in [0.1, 0.15) is 6.33 Å². The van der Waals surface area contributed by atoms with Crippen LogP contribution in [0.25, 0.3) is 0 Å². The first-order chi connectivity index (χ1) is 8.58. The molecule has 0 spiro atoms. The minimum Gasteiger partial charge on any atom is -0.397 e. The minimum absolute atomic E-state index is 0.285. The molecule has 0 fully saturated rings. The van der Waals surface area contributed by atoms with Crippen molar-refractivity contribution in [2.24, 2.45) is 0 Å². The molecule has 1 heterocycles. The lowest BCUT2D eigenvalue weighted by molar-refractivity contribution is 0.102. The Morgan fingerprint density at radius 2 is 2.00 bits per heavy atom. The molecule has 0 aliphatic carbocycles. The smallest absolute Gasteiger partial charge is 0.258 e. The SMILES string of the molecule is Cc1cc(Br)cc(N)c1NC(=O)c1cncnc1. The summed E-state index contributed by atoms with van der Waals surface area (Å²) in [5.74, 6) is -0.285. The summed E-state index contributed by atoms with van der Waals surface area (Å²) in [6, 6.07) is 3.62. The maximum atomic E-state index is 11.9. The summed E-state index contributed by atoms with van der Waals surface area (Å²) in [5.41, 5.74) is 8.25. The summed E-state index contributed by atoms with van der Waals surface area (Å²) in [6.45, 7) is 1.87. The first-order valence-electron chi connectivity index (χ1n) is 5.20. The molecule has 5 nitrogen and oxygen atoms in total. The van der Waals surface area contributed by atoms with Gasteiger partial charge in [0.15, 0.2) is 0 Å². The molecule has 0 saturated carbocycles. The number of amides is 1.